The van der Waals surface area contributed by atoms with Gasteiger partial charge in [-0.1, -0.05) is 6.07 Å². The molecule has 11 heteroatoms. The molecule has 0 aromatic carbocycles. The zero-order chi connectivity index (χ0) is 27.4. The highest BCUT2D eigenvalue weighted by atomic mass is 32.2. The van der Waals surface area contributed by atoms with Crippen LogP contribution in [0.5, 0.6) is 0 Å². The molecule has 0 bridgehead atoms. The third kappa shape index (κ3) is 6.37. The lowest BCUT2D eigenvalue weighted by molar-refractivity contribution is 0.0949. The molecule has 1 aliphatic heterocycles. The van der Waals surface area contributed by atoms with Crippen molar-refractivity contribution in [2.24, 2.45) is 0 Å². The third-order valence-corrected chi connectivity index (χ3v) is 7.69. The number of amides is 1. The minimum Gasteiger partial charge on any atom is -0.376 e. The second-order valence-electron chi connectivity index (χ2n) is 9.48. The van der Waals surface area contributed by atoms with Crippen molar-refractivity contribution in [3.05, 3.63) is 72.3 Å². The van der Waals surface area contributed by atoms with Gasteiger partial charge in [-0.3, -0.25) is 14.8 Å². The van der Waals surface area contributed by atoms with Gasteiger partial charge in [0.2, 0.25) is 0 Å². The monoisotopic (exact) mass is 546 g/mol. The number of carbonyl (C=O) groups excluding carboxylic acids is 1. The first-order chi connectivity index (χ1) is 18.8. The molecule has 1 unspecified atom stereocenters. The van der Waals surface area contributed by atoms with Gasteiger partial charge >= 0.3 is 0 Å². The van der Waals surface area contributed by atoms with Gasteiger partial charge in [-0.05, 0) is 56.2 Å². The maximum atomic E-state index is 12.6. The normalized spacial score (nSPS) is 15.4. The molecule has 10 nitrogen and oxygen atoms in total. The molecule has 5 rings (SSSR count). The van der Waals surface area contributed by atoms with Crippen molar-refractivity contribution >= 4 is 32.5 Å². The standard InChI is InChI=1S/C28H30N6O4S/c1-3-34(18-22-6-5-11-38-22)27-8-4-7-24(33-27)25-10-9-19-15-30-21(13-26(19)32-25)16-31-28(35)20-12-23(17-29-14-20)39(2,36)37/h4,7-10,12-15,17,22H,3,5-6,11,16,18H2,1-2H3,(H,31,35). The van der Waals surface area contributed by atoms with E-state index in [1.165, 1.54) is 18.5 Å². The number of anilines is 1. The molecule has 5 heterocycles. The number of hydrogen-bond acceptors (Lipinski definition) is 9. The fourth-order valence-electron chi connectivity index (χ4n) is 4.48. The van der Waals surface area contributed by atoms with Crippen molar-refractivity contribution in [3.63, 3.8) is 0 Å². The second kappa shape index (κ2) is 11.4. The lowest BCUT2D eigenvalue weighted by Crippen LogP contribution is -2.32. The van der Waals surface area contributed by atoms with E-state index in [1.54, 1.807) is 6.20 Å². The Bertz CT molecular complexity index is 1600. The number of pyridine rings is 4. The lowest BCUT2D eigenvalue weighted by atomic mass is 10.2. The van der Waals surface area contributed by atoms with Gasteiger partial charge in [0.25, 0.3) is 5.91 Å². The molecule has 39 heavy (non-hydrogen) atoms. The molecule has 0 radical (unpaired) electrons. The van der Waals surface area contributed by atoms with Crippen LogP contribution in [0.15, 0.2) is 66.0 Å². The van der Waals surface area contributed by atoms with Gasteiger partial charge in [0, 0.05) is 49.9 Å². The molecule has 0 aliphatic carbocycles. The Morgan fingerprint density at radius 2 is 1.95 bits per heavy atom. The number of aromatic nitrogens is 4. The van der Waals surface area contributed by atoms with Gasteiger partial charge in [0.05, 0.1) is 45.7 Å². The highest BCUT2D eigenvalue weighted by Crippen LogP contribution is 2.23. The fourth-order valence-corrected chi connectivity index (χ4v) is 5.07. The second-order valence-corrected chi connectivity index (χ2v) is 11.5. The minimum absolute atomic E-state index is 0.0117. The van der Waals surface area contributed by atoms with E-state index in [2.05, 4.69) is 27.1 Å². The Kier molecular flexibility index (Phi) is 7.80. The van der Waals surface area contributed by atoms with E-state index >= 15 is 0 Å². The molecule has 0 spiro atoms. The van der Waals surface area contributed by atoms with Crippen LogP contribution in [0.1, 0.15) is 35.8 Å². The predicted octanol–water partition coefficient (Wildman–Crippen LogP) is 3.43. The number of likely N-dealkylation sites (N-methyl/N-ethyl adjacent to an activating group) is 1. The largest absolute Gasteiger partial charge is 0.376 e. The fraction of sp³-hybridized carbons (Fsp3) is 0.321. The van der Waals surface area contributed by atoms with Crippen molar-refractivity contribution < 1.29 is 17.9 Å². The molecular weight excluding hydrogens is 516 g/mol. The number of rotatable bonds is 9. The number of carbonyl (C=O) groups is 1. The smallest absolute Gasteiger partial charge is 0.253 e. The topological polar surface area (TPSA) is 127 Å². The zero-order valence-electron chi connectivity index (χ0n) is 21.9. The van der Waals surface area contributed by atoms with Gasteiger partial charge in [-0.2, -0.15) is 0 Å². The van der Waals surface area contributed by atoms with Crippen LogP contribution in [-0.2, 0) is 21.1 Å². The Morgan fingerprint density at radius 1 is 1.10 bits per heavy atom. The first-order valence-corrected chi connectivity index (χ1v) is 14.7. The summed E-state index contributed by atoms with van der Waals surface area (Å²) < 4.78 is 29.4. The van der Waals surface area contributed by atoms with Crippen molar-refractivity contribution in [3.8, 4) is 11.4 Å². The van der Waals surface area contributed by atoms with Gasteiger partial charge in [-0.15, -0.1) is 0 Å². The van der Waals surface area contributed by atoms with Crippen LogP contribution in [-0.4, -0.2) is 66.3 Å². The summed E-state index contributed by atoms with van der Waals surface area (Å²) in [4.78, 5) is 32.8. The minimum atomic E-state index is -3.47. The number of nitrogens with zero attached hydrogens (tertiary/aromatic N) is 5. The maximum Gasteiger partial charge on any atom is 0.253 e. The van der Waals surface area contributed by atoms with Crippen LogP contribution in [0, 0.1) is 0 Å². The van der Waals surface area contributed by atoms with Crippen LogP contribution < -0.4 is 10.2 Å². The number of hydrogen-bond donors (Lipinski definition) is 1. The van der Waals surface area contributed by atoms with E-state index in [-0.39, 0.29) is 23.1 Å². The summed E-state index contributed by atoms with van der Waals surface area (Å²) in [6.45, 7) is 4.73. The highest BCUT2D eigenvalue weighted by Gasteiger charge is 2.20. The number of fused-ring (bicyclic) bond motifs is 1. The van der Waals surface area contributed by atoms with E-state index in [9.17, 15) is 13.2 Å². The zero-order valence-corrected chi connectivity index (χ0v) is 22.7. The molecule has 1 atom stereocenters. The first kappa shape index (κ1) is 26.6. The van der Waals surface area contributed by atoms with Crippen LogP contribution in [0.25, 0.3) is 22.3 Å². The average Bonchev–Trinajstić information content (AvgIpc) is 3.47. The van der Waals surface area contributed by atoms with Gasteiger partial charge in [0.15, 0.2) is 9.84 Å². The summed E-state index contributed by atoms with van der Waals surface area (Å²) in [6.07, 6.45) is 7.74. The van der Waals surface area contributed by atoms with E-state index in [0.717, 1.165) is 66.9 Å². The van der Waals surface area contributed by atoms with E-state index in [0.29, 0.717) is 5.69 Å². The summed E-state index contributed by atoms with van der Waals surface area (Å²) in [5, 5.41) is 3.63. The summed E-state index contributed by atoms with van der Waals surface area (Å²) in [7, 11) is -3.47. The molecule has 1 fully saturated rings. The molecule has 4 aromatic heterocycles. The van der Waals surface area contributed by atoms with Gasteiger partial charge in [-0.25, -0.2) is 18.4 Å². The Morgan fingerprint density at radius 3 is 2.72 bits per heavy atom. The van der Waals surface area contributed by atoms with Crippen molar-refractivity contribution in [2.45, 2.75) is 37.3 Å². The third-order valence-electron chi connectivity index (χ3n) is 6.61. The number of nitrogens with one attached hydrogen (secondary N) is 1. The van der Waals surface area contributed by atoms with Crippen molar-refractivity contribution in [2.75, 3.05) is 30.9 Å². The van der Waals surface area contributed by atoms with Crippen molar-refractivity contribution in [1.29, 1.82) is 0 Å². The molecule has 1 aliphatic rings. The van der Waals surface area contributed by atoms with Crippen LogP contribution in [0.2, 0.25) is 0 Å². The first-order valence-electron chi connectivity index (χ1n) is 12.8. The molecule has 1 saturated heterocycles. The van der Waals surface area contributed by atoms with Crippen molar-refractivity contribution in [1.82, 2.24) is 25.3 Å². The maximum absolute atomic E-state index is 12.6. The molecule has 0 saturated carbocycles. The number of sulfone groups is 1. The molecule has 202 valence electrons. The Hall–Kier alpha value is -3.96. The number of ether oxygens (including phenoxy) is 1. The summed E-state index contributed by atoms with van der Waals surface area (Å²) >= 11 is 0. The molecular formula is C28H30N6O4S. The van der Waals surface area contributed by atoms with E-state index in [4.69, 9.17) is 14.7 Å². The molecule has 1 N–H and O–H groups in total. The van der Waals surface area contributed by atoms with Gasteiger partial charge < -0.3 is 15.0 Å². The lowest BCUT2D eigenvalue weighted by Gasteiger charge is -2.25. The average molecular weight is 547 g/mol. The summed E-state index contributed by atoms with van der Waals surface area (Å²) in [5.74, 6) is 0.445. The predicted molar refractivity (Wildman–Crippen MR) is 148 cm³/mol. The highest BCUT2D eigenvalue weighted by molar-refractivity contribution is 7.90. The molecule has 4 aromatic rings. The van der Waals surface area contributed by atoms with E-state index < -0.39 is 15.7 Å². The van der Waals surface area contributed by atoms with Gasteiger partial charge in [0.1, 0.15) is 5.82 Å². The summed E-state index contributed by atoms with van der Waals surface area (Å²) in [5.41, 5.74) is 3.01. The van der Waals surface area contributed by atoms with Crippen LogP contribution in [0.4, 0.5) is 5.82 Å². The Labute approximate surface area is 227 Å². The quantitative estimate of drug-likeness (QED) is 0.336. The SMILES string of the molecule is CCN(CC1CCCO1)c1cccc(-c2ccc3cnc(CNC(=O)c4cncc(S(C)(=O)=O)c4)cc3n2)n1. The van der Waals surface area contributed by atoms with Crippen LogP contribution in [0.3, 0.4) is 0 Å². The summed E-state index contributed by atoms with van der Waals surface area (Å²) in [6, 6.07) is 12.9. The molecule has 1 amide bonds. The Balaban J connectivity index is 1.32. The van der Waals surface area contributed by atoms with E-state index in [1.807, 2.05) is 36.4 Å². The van der Waals surface area contributed by atoms with Crippen LogP contribution >= 0.6 is 0 Å².